The second kappa shape index (κ2) is 5.62. The zero-order valence-corrected chi connectivity index (χ0v) is 13.1. The van der Waals surface area contributed by atoms with Crippen molar-refractivity contribution in [3.63, 3.8) is 0 Å². The van der Waals surface area contributed by atoms with E-state index in [-0.39, 0.29) is 5.91 Å². The largest absolute Gasteiger partial charge is 0.361 e. The molecule has 114 valence electrons. The van der Waals surface area contributed by atoms with Crippen molar-refractivity contribution in [3.8, 4) is 6.07 Å². The van der Waals surface area contributed by atoms with Crippen molar-refractivity contribution in [2.24, 2.45) is 0 Å². The number of hydrogen-bond donors (Lipinski definition) is 2. The van der Waals surface area contributed by atoms with E-state index < -0.39 is 5.41 Å². The standard InChI is InChI=1S/C19H17N3O/c1-19(2,16-12-21-17-6-4-3-5-15(16)17)18(23)22-14-9-7-13(11-20)8-10-14/h3-10,12,21H,1-2H3,(H,22,23). The van der Waals surface area contributed by atoms with Crippen molar-refractivity contribution in [1.82, 2.24) is 4.98 Å². The molecular weight excluding hydrogens is 286 g/mol. The summed E-state index contributed by atoms with van der Waals surface area (Å²) in [6, 6.07) is 16.9. The minimum Gasteiger partial charge on any atom is -0.361 e. The van der Waals surface area contributed by atoms with Gasteiger partial charge in [-0.15, -0.1) is 0 Å². The van der Waals surface area contributed by atoms with E-state index in [1.165, 1.54) is 0 Å². The van der Waals surface area contributed by atoms with Gasteiger partial charge in [0, 0.05) is 22.8 Å². The lowest BCUT2D eigenvalue weighted by molar-refractivity contribution is -0.120. The van der Waals surface area contributed by atoms with Gasteiger partial charge in [-0.05, 0) is 49.7 Å². The minimum atomic E-state index is -0.687. The number of rotatable bonds is 3. The van der Waals surface area contributed by atoms with Crippen LogP contribution in [0.25, 0.3) is 10.9 Å². The number of para-hydroxylation sites is 1. The van der Waals surface area contributed by atoms with E-state index in [0.29, 0.717) is 11.3 Å². The Morgan fingerprint density at radius 2 is 1.83 bits per heavy atom. The Kier molecular flexibility index (Phi) is 3.63. The van der Waals surface area contributed by atoms with Crippen LogP contribution in [0.2, 0.25) is 0 Å². The fourth-order valence-electron chi connectivity index (χ4n) is 2.63. The van der Waals surface area contributed by atoms with Crippen molar-refractivity contribution >= 4 is 22.5 Å². The van der Waals surface area contributed by atoms with E-state index in [0.717, 1.165) is 16.5 Å². The molecule has 1 heterocycles. The Hall–Kier alpha value is -3.06. The Balaban J connectivity index is 1.89. The topological polar surface area (TPSA) is 68.7 Å². The van der Waals surface area contributed by atoms with Gasteiger partial charge in [0.05, 0.1) is 17.0 Å². The first-order chi connectivity index (χ1) is 11.0. The average molecular weight is 303 g/mol. The first-order valence-electron chi connectivity index (χ1n) is 7.40. The van der Waals surface area contributed by atoms with Gasteiger partial charge in [-0.3, -0.25) is 4.79 Å². The molecule has 0 unspecified atom stereocenters. The highest BCUT2D eigenvalue weighted by Gasteiger charge is 2.32. The summed E-state index contributed by atoms with van der Waals surface area (Å²) in [6.45, 7) is 3.81. The van der Waals surface area contributed by atoms with Gasteiger partial charge in [0.25, 0.3) is 0 Å². The molecule has 1 amide bonds. The van der Waals surface area contributed by atoms with Crippen LogP contribution in [-0.2, 0) is 10.2 Å². The highest BCUT2D eigenvalue weighted by molar-refractivity contribution is 6.01. The first kappa shape index (κ1) is 14.9. The lowest BCUT2D eigenvalue weighted by atomic mass is 9.83. The van der Waals surface area contributed by atoms with Crippen LogP contribution in [0.4, 0.5) is 5.69 Å². The monoisotopic (exact) mass is 303 g/mol. The molecule has 0 aliphatic heterocycles. The number of amides is 1. The molecule has 3 rings (SSSR count). The third kappa shape index (κ3) is 2.69. The number of nitrogens with zero attached hydrogens (tertiary/aromatic N) is 1. The number of aromatic nitrogens is 1. The second-order valence-corrected chi connectivity index (χ2v) is 6.02. The number of carbonyl (C=O) groups excluding carboxylic acids is 1. The van der Waals surface area contributed by atoms with E-state index in [4.69, 9.17) is 5.26 Å². The number of benzene rings is 2. The molecule has 1 aromatic heterocycles. The molecule has 3 aromatic rings. The number of carbonyl (C=O) groups is 1. The number of aromatic amines is 1. The summed E-state index contributed by atoms with van der Waals surface area (Å²) in [7, 11) is 0. The third-order valence-electron chi connectivity index (χ3n) is 4.10. The number of hydrogen-bond acceptors (Lipinski definition) is 2. The summed E-state index contributed by atoms with van der Waals surface area (Å²) in [5, 5.41) is 12.8. The van der Waals surface area contributed by atoms with Crippen LogP contribution in [0.3, 0.4) is 0 Å². The van der Waals surface area contributed by atoms with E-state index in [9.17, 15) is 4.79 Å². The summed E-state index contributed by atoms with van der Waals surface area (Å²) in [5.41, 5.74) is 2.54. The number of nitrogens with one attached hydrogen (secondary N) is 2. The van der Waals surface area contributed by atoms with E-state index in [1.54, 1.807) is 24.3 Å². The summed E-state index contributed by atoms with van der Waals surface area (Å²) in [5.74, 6) is -0.0908. The molecule has 0 bridgehead atoms. The zero-order chi connectivity index (χ0) is 16.4. The molecule has 0 atom stereocenters. The Bertz CT molecular complexity index is 898. The number of fused-ring (bicyclic) bond motifs is 1. The van der Waals surface area contributed by atoms with Crippen LogP contribution in [0, 0.1) is 11.3 Å². The smallest absolute Gasteiger partial charge is 0.234 e. The molecular formula is C19H17N3O. The van der Waals surface area contributed by atoms with Gasteiger partial charge in [-0.25, -0.2) is 0 Å². The predicted molar refractivity (Wildman–Crippen MR) is 91.1 cm³/mol. The second-order valence-electron chi connectivity index (χ2n) is 6.02. The molecule has 4 nitrogen and oxygen atoms in total. The fraction of sp³-hybridized carbons (Fsp3) is 0.158. The molecule has 0 aliphatic rings. The molecule has 4 heteroatoms. The normalized spacial score (nSPS) is 11.2. The van der Waals surface area contributed by atoms with Crippen molar-refractivity contribution < 1.29 is 4.79 Å². The summed E-state index contributed by atoms with van der Waals surface area (Å²) in [4.78, 5) is 16.0. The zero-order valence-electron chi connectivity index (χ0n) is 13.1. The van der Waals surface area contributed by atoms with Gasteiger partial charge in [-0.1, -0.05) is 18.2 Å². The molecule has 0 saturated heterocycles. The lowest BCUT2D eigenvalue weighted by Crippen LogP contribution is -2.34. The Morgan fingerprint density at radius 3 is 2.52 bits per heavy atom. The molecule has 0 spiro atoms. The SMILES string of the molecule is CC(C)(C(=O)Nc1ccc(C#N)cc1)c1c[nH]c2ccccc12. The van der Waals surface area contributed by atoms with Crippen LogP contribution in [-0.4, -0.2) is 10.9 Å². The minimum absolute atomic E-state index is 0.0908. The van der Waals surface area contributed by atoms with Gasteiger partial charge < -0.3 is 10.3 Å². The highest BCUT2D eigenvalue weighted by Crippen LogP contribution is 2.31. The van der Waals surface area contributed by atoms with Crippen LogP contribution in [0.15, 0.2) is 54.7 Å². The van der Waals surface area contributed by atoms with E-state index in [1.807, 2.05) is 44.3 Å². The molecule has 0 radical (unpaired) electrons. The van der Waals surface area contributed by atoms with Gasteiger partial charge in [-0.2, -0.15) is 5.26 Å². The lowest BCUT2D eigenvalue weighted by Gasteiger charge is -2.23. The number of anilines is 1. The molecule has 23 heavy (non-hydrogen) atoms. The average Bonchev–Trinajstić information content (AvgIpc) is 3.00. The summed E-state index contributed by atoms with van der Waals surface area (Å²) >= 11 is 0. The third-order valence-corrected chi connectivity index (χ3v) is 4.10. The Morgan fingerprint density at radius 1 is 1.13 bits per heavy atom. The van der Waals surface area contributed by atoms with Gasteiger partial charge in [0.15, 0.2) is 0 Å². The van der Waals surface area contributed by atoms with Crippen molar-refractivity contribution in [2.75, 3.05) is 5.32 Å². The quantitative estimate of drug-likeness (QED) is 0.769. The maximum absolute atomic E-state index is 12.7. The maximum Gasteiger partial charge on any atom is 0.234 e. The van der Waals surface area contributed by atoms with Crippen LogP contribution in [0.1, 0.15) is 25.0 Å². The fourth-order valence-corrected chi connectivity index (χ4v) is 2.63. The van der Waals surface area contributed by atoms with Gasteiger partial charge in [0.1, 0.15) is 0 Å². The van der Waals surface area contributed by atoms with Crippen molar-refractivity contribution in [2.45, 2.75) is 19.3 Å². The number of nitriles is 1. The van der Waals surface area contributed by atoms with Crippen LogP contribution < -0.4 is 5.32 Å². The molecule has 2 aromatic carbocycles. The Labute approximate surface area is 134 Å². The summed E-state index contributed by atoms with van der Waals surface area (Å²) < 4.78 is 0. The van der Waals surface area contributed by atoms with E-state index >= 15 is 0 Å². The van der Waals surface area contributed by atoms with Crippen LogP contribution >= 0.6 is 0 Å². The number of H-pyrrole nitrogens is 1. The van der Waals surface area contributed by atoms with Crippen LogP contribution in [0.5, 0.6) is 0 Å². The summed E-state index contributed by atoms with van der Waals surface area (Å²) in [6.07, 6.45) is 1.89. The molecule has 0 fully saturated rings. The van der Waals surface area contributed by atoms with Gasteiger partial charge in [0.2, 0.25) is 5.91 Å². The molecule has 0 saturated carbocycles. The van der Waals surface area contributed by atoms with Gasteiger partial charge >= 0.3 is 0 Å². The first-order valence-corrected chi connectivity index (χ1v) is 7.40. The highest BCUT2D eigenvalue weighted by atomic mass is 16.2. The molecule has 0 aliphatic carbocycles. The maximum atomic E-state index is 12.7. The molecule has 2 N–H and O–H groups in total. The van der Waals surface area contributed by atoms with Crippen molar-refractivity contribution in [1.29, 1.82) is 5.26 Å². The predicted octanol–water partition coefficient (Wildman–Crippen LogP) is 3.96. The van der Waals surface area contributed by atoms with E-state index in [2.05, 4.69) is 16.4 Å². The van der Waals surface area contributed by atoms with Crippen molar-refractivity contribution in [3.05, 3.63) is 65.9 Å².